The molecule has 1 saturated carbocycles. The summed E-state index contributed by atoms with van der Waals surface area (Å²) in [7, 11) is 0. The molecular weight excluding hydrogens is 376 g/mol. The van der Waals surface area contributed by atoms with E-state index in [1.807, 2.05) is 25.7 Å². The van der Waals surface area contributed by atoms with E-state index in [4.69, 9.17) is 14.2 Å². The zero-order valence-corrected chi connectivity index (χ0v) is 19.4. The number of rotatable bonds is 10. The van der Waals surface area contributed by atoms with E-state index in [1.165, 1.54) is 0 Å². The minimum Gasteiger partial charge on any atom is -0.377 e. The lowest BCUT2D eigenvalue weighted by Gasteiger charge is -2.41. The van der Waals surface area contributed by atoms with Crippen LogP contribution in [0.3, 0.4) is 0 Å². The first kappa shape index (κ1) is 25.0. The number of nitrogens with zero attached hydrogens (tertiary/aromatic N) is 1. The van der Waals surface area contributed by atoms with Crippen molar-refractivity contribution in [1.29, 1.82) is 0 Å². The van der Waals surface area contributed by atoms with Crippen molar-refractivity contribution >= 4 is 0 Å². The predicted octanol–water partition coefficient (Wildman–Crippen LogP) is 5.29. The van der Waals surface area contributed by atoms with Gasteiger partial charge in [0.1, 0.15) is 0 Å². The van der Waals surface area contributed by atoms with E-state index >= 15 is 0 Å². The number of hydrogen-bond donors (Lipinski definition) is 0. The highest BCUT2D eigenvalue weighted by Crippen LogP contribution is 2.31. The molecule has 0 aromatic rings. The summed E-state index contributed by atoms with van der Waals surface area (Å²) >= 11 is 0. The molecule has 1 heterocycles. The van der Waals surface area contributed by atoms with E-state index in [0.29, 0.717) is 32.2 Å². The van der Waals surface area contributed by atoms with Crippen LogP contribution in [0, 0.1) is 5.41 Å². The molecule has 2 fully saturated rings. The van der Waals surface area contributed by atoms with Crippen LogP contribution in [0.5, 0.6) is 0 Å². The third-order valence-corrected chi connectivity index (χ3v) is 5.40. The van der Waals surface area contributed by atoms with Crippen LogP contribution in [0.1, 0.15) is 80.1 Å². The van der Waals surface area contributed by atoms with Crippen LogP contribution in [-0.2, 0) is 14.2 Å². The van der Waals surface area contributed by atoms with Gasteiger partial charge >= 0.3 is 0 Å². The average Bonchev–Trinajstić information content (AvgIpc) is 2.53. The fourth-order valence-electron chi connectivity index (χ4n) is 3.72. The Balaban J connectivity index is 1.56. The van der Waals surface area contributed by atoms with Gasteiger partial charge in [0.25, 0.3) is 5.92 Å². The zero-order valence-electron chi connectivity index (χ0n) is 19.4. The van der Waals surface area contributed by atoms with Gasteiger partial charge in [0.05, 0.1) is 37.1 Å². The largest absolute Gasteiger partial charge is 0.377 e. The van der Waals surface area contributed by atoms with Crippen LogP contribution < -0.4 is 0 Å². The van der Waals surface area contributed by atoms with E-state index in [-0.39, 0.29) is 36.2 Å². The maximum Gasteiger partial charge on any atom is 0.260 e. The molecule has 1 saturated heterocycles. The zero-order chi connectivity index (χ0) is 21.7. The molecule has 2 aliphatic rings. The summed E-state index contributed by atoms with van der Waals surface area (Å²) in [4.78, 5) is 1.89. The van der Waals surface area contributed by atoms with Gasteiger partial charge in [-0.1, -0.05) is 20.8 Å². The van der Waals surface area contributed by atoms with Gasteiger partial charge in [-0.25, -0.2) is 8.78 Å². The van der Waals surface area contributed by atoms with E-state index in [1.54, 1.807) is 0 Å². The first-order valence-corrected chi connectivity index (χ1v) is 11.3. The fourth-order valence-corrected chi connectivity index (χ4v) is 3.72. The Labute approximate surface area is 176 Å². The SMILES string of the molecule is CC(C)(C)COC1CC(OC2CCN(CC(F)(F)CCCOC(C)(C)C)CC2)C1. The molecule has 0 N–H and O–H groups in total. The second-order valence-electron chi connectivity index (χ2n) is 11.1. The quantitative estimate of drug-likeness (QED) is 0.450. The Hall–Kier alpha value is -0.300. The van der Waals surface area contributed by atoms with Crippen molar-refractivity contribution in [3.63, 3.8) is 0 Å². The second kappa shape index (κ2) is 10.3. The molecule has 0 bridgehead atoms. The molecule has 6 heteroatoms. The maximum absolute atomic E-state index is 14.3. The number of piperidine rings is 1. The van der Waals surface area contributed by atoms with Gasteiger partial charge in [-0.05, 0) is 58.3 Å². The monoisotopic (exact) mass is 419 g/mol. The number of hydrogen-bond acceptors (Lipinski definition) is 4. The van der Waals surface area contributed by atoms with E-state index in [2.05, 4.69) is 20.8 Å². The van der Waals surface area contributed by atoms with Crippen LogP contribution in [-0.4, -0.2) is 67.6 Å². The molecule has 29 heavy (non-hydrogen) atoms. The summed E-state index contributed by atoms with van der Waals surface area (Å²) in [5, 5.41) is 0. The van der Waals surface area contributed by atoms with Gasteiger partial charge in [0.15, 0.2) is 0 Å². The van der Waals surface area contributed by atoms with Crippen LogP contribution >= 0.6 is 0 Å². The predicted molar refractivity (Wildman–Crippen MR) is 113 cm³/mol. The summed E-state index contributed by atoms with van der Waals surface area (Å²) in [5.74, 6) is -2.65. The Bertz CT molecular complexity index is 473. The topological polar surface area (TPSA) is 30.9 Å². The molecule has 0 radical (unpaired) electrons. The van der Waals surface area contributed by atoms with Crippen molar-refractivity contribution in [3.8, 4) is 0 Å². The Morgan fingerprint density at radius 2 is 1.52 bits per heavy atom. The third-order valence-electron chi connectivity index (χ3n) is 5.40. The first-order chi connectivity index (χ1) is 13.3. The summed E-state index contributed by atoms with van der Waals surface area (Å²) in [6.45, 7) is 14.8. The number of likely N-dealkylation sites (tertiary alicyclic amines) is 1. The first-order valence-electron chi connectivity index (χ1n) is 11.3. The molecule has 1 aliphatic heterocycles. The molecule has 4 nitrogen and oxygen atoms in total. The van der Waals surface area contributed by atoms with Crippen LogP contribution in [0.2, 0.25) is 0 Å². The van der Waals surface area contributed by atoms with Gasteiger partial charge in [-0.2, -0.15) is 0 Å². The van der Waals surface area contributed by atoms with Crippen molar-refractivity contribution in [2.75, 3.05) is 32.8 Å². The van der Waals surface area contributed by atoms with Crippen molar-refractivity contribution < 1.29 is 23.0 Å². The van der Waals surface area contributed by atoms with E-state index in [9.17, 15) is 8.78 Å². The molecule has 0 unspecified atom stereocenters. The minimum absolute atomic E-state index is 0.114. The lowest BCUT2D eigenvalue weighted by molar-refractivity contribution is -0.145. The average molecular weight is 420 g/mol. The van der Waals surface area contributed by atoms with Gasteiger partial charge in [0.2, 0.25) is 0 Å². The van der Waals surface area contributed by atoms with Gasteiger partial charge in [0, 0.05) is 26.1 Å². The number of halogens is 2. The molecule has 1 aliphatic carbocycles. The standard InChI is InChI=1S/C23H43F2NO3/c1-21(2,3)17-27-19-14-20(15-19)29-18-8-11-26(12-9-18)16-23(24,25)10-7-13-28-22(4,5)6/h18-20H,7-17H2,1-6H3. The summed E-state index contributed by atoms with van der Waals surface area (Å²) in [5.41, 5.74) is -0.0726. The highest BCUT2D eigenvalue weighted by atomic mass is 19.3. The van der Waals surface area contributed by atoms with Crippen molar-refractivity contribution in [2.45, 2.75) is 110 Å². The molecular formula is C23H43F2NO3. The van der Waals surface area contributed by atoms with Gasteiger partial charge in [-0.15, -0.1) is 0 Å². The van der Waals surface area contributed by atoms with Crippen LogP contribution in [0.4, 0.5) is 8.78 Å². The van der Waals surface area contributed by atoms with Crippen molar-refractivity contribution in [1.82, 2.24) is 4.90 Å². The molecule has 0 aromatic carbocycles. The summed E-state index contributed by atoms with van der Waals surface area (Å²) in [6.07, 6.45) is 4.69. The smallest absolute Gasteiger partial charge is 0.260 e. The molecule has 0 aromatic heterocycles. The van der Waals surface area contributed by atoms with Crippen LogP contribution in [0.15, 0.2) is 0 Å². The second-order valence-corrected chi connectivity index (χ2v) is 11.1. The van der Waals surface area contributed by atoms with Crippen LogP contribution in [0.25, 0.3) is 0 Å². The number of alkyl halides is 2. The Morgan fingerprint density at radius 1 is 0.897 bits per heavy atom. The van der Waals surface area contributed by atoms with E-state index in [0.717, 1.165) is 32.3 Å². The fraction of sp³-hybridized carbons (Fsp3) is 1.00. The third kappa shape index (κ3) is 10.5. The molecule has 0 amide bonds. The highest BCUT2D eigenvalue weighted by Gasteiger charge is 2.36. The summed E-state index contributed by atoms with van der Waals surface area (Å²) in [6, 6.07) is 0. The Kier molecular flexibility index (Phi) is 8.90. The molecule has 0 spiro atoms. The normalized spacial score (nSPS) is 25.2. The molecule has 2 rings (SSSR count). The summed E-state index contributed by atoms with van der Waals surface area (Å²) < 4.78 is 46.1. The van der Waals surface area contributed by atoms with Crippen molar-refractivity contribution in [2.24, 2.45) is 5.41 Å². The lowest BCUT2D eigenvalue weighted by Crippen LogP contribution is -2.46. The lowest BCUT2D eigenvalue weighted by atomic mass is 9.90. The highest BCUT2D eigenvalue weighted by molar-refractivity contribution is 4.85. The van der Waals surface area contributed by atoms with Gasteiger partial charge in [-0.3, -0.25) is 4.90 Å². The molecule has 0 atom stereocenters. The molecule has 172 valence electrons. The maximum atomic E-state index is 14.3. The number of ether oxygens (including phenoxy) is 3. The van der Waals surface area contributed by atoms with Gasteiger partial charge < -0.3 is 14.2 Å². The Morgan fingerprint density at radius 3 is 2.07 bits per heavy atom. The van der Waals surface area contributed by atoms with E-state index < -0.39 is 5.92 Å². The minimum atomic E-state index is -2.65. The van der Waals surface area contributed by atoms with Crippen molar-refractivity contribution in [3.05, 3.63) is 0 Å².